The highest BCUT2D eigenvalue weighted by atomic mass is 32.1. The van der Waals surface area contributed by atoms with E-state index in [-0.39, 0.29) is 5.91 Å². The van der Waals surface area contributed by atoms with Crippen molar-refractivity contribution in [3.05, 3.63) is 11.9 Å². The molecule has 0 spiro atoms. The van der Waals surface area contributed by atoms with Gasteiger partial charge in [-0.1, -0.05) is 0 Å². The van der Waals surface area contributed by atoms with Crippen molar-refractivity contribution in [2.24, 2.45) is 5.92 Å². The average molecular weight is 226 g/mol. The van der Waals surface area contributed by atoms with Gasteiger partial charge in [0.2, 0.25) is 0 Å². The lowest BCUT2D eigenvalue weighted by atomic mass is 10.1. The third-order valence-electron chi connectivity index (χ3n) is 2.59. The molecule has 1 aromatic rings. The van der Waals surface area contributed by atoms with E-state index in [1.54, 1.807) is 0 Å². The molecule has 2 rings (SSSR count). The molecular formula is C9H14N4OS. The Labute approximate surface area is 92.6 Å². The van der Waals surface area contributed by atoms with Gasteiger partial charge in [-0.2, -0.15) is 8.75 Å². The molecule has 1 unspecified atom stereocenters. The minimum Gasteiger partial charge on any atom is -0.351 e. The van der Waals surface area contributed by atoms with E-state index >= 15 is 0 Å². The zero-order valence-electron chi connectivity index (χ0n) is 8.40. The predicted octanol–water partition coefficient (Wildman–Crippen LogP) is 0.267. The van der Waals surface area contributed by atoms with Crippen LogP contribution in [0.4, 0.5) is 0 Å². The fraction of sp³-hybridized carbons (Fsp3) is 0.667. The molecule has 1 atom stereocenters. The first-order valence-corrected chi connectivity index (χ1v) is 5.86. The zero-order chi connectivity index (χ0) is 10.5. The molecule has 0 radical (unpaired) electrons. The number of carbonyl (C=O) groups excluding carboxylic acids is 1. The quantitative estimate of drug-likeness (QED) is 0.773. The van der Waals surface area contributed by atoms with E-state index in [0.29, 0.717) is 11.6 Å². The van der Waals surface area contributed by atoms with Crippen molar-refractivity contribution in [3.8, 4) is 0 Å². The van der Waals surface area contributed by atoms with Crippen LogP contribution in [0.5, 0.6) is 0 Å². The van der Waals surface area contributed by atoms with Crippen molar-refractivity contribution in [2.75, 3.05) is 19.6 Å². The summed E-state index contributed by atoms with van der Waals surface area (Å²) >= 11 is 1.06. The first-order valence-electron chi connectivity index (χ1n) is 5.13. The highest BCUT2D eigenvalue weighted by molar-refractivity contribution is 6.99. The smallest absolute Gasteiger partial charge is 0.272 e. The van der Waals surface area contributed by atoms with E-state index in [2.05, 4.69) is 19.4 Å². The lowest BCUT2D eigenvalue weighted by Gasteiger charge is -2.07. The predicted molar refractivity (Wildman–Crippen MR) is 57.8 cm³/mol. The second-order valence-electron chi connectivity index (χ2n) is 3.70. The Bertz CT molecular complexity index is 308. The molecule has 1 aromatic heterocycles. The Morgan fingerprint density at radius 3 is 3.33 bits per heavy atom. The van der Waals surface area contributed by atoms with E-state index < -0.39 is 0 Å². The van der Waals surface area contributed by atoms with Crippen LogP contribution in [0.15, 0.2) is 6.20 Å². The molecule has 6 heteroatoms. The van der Waals surface area contributed by atoms with Gasteiger partial charge in [-0.3, -0.25) is 4.79 Å². The maximum atomic E-state index is 11.5. The molecule has 0 bridgehead atoms. The maximum absolute atomic E-state index is 11.5. The van der Waals surface area contributed by atoms with Gasteiger partial charge in [0.05, 0.1) is 17.9 Å². The van der Waals surface area contributed by atoms with Gasteiger partial charge < -0.3 is 10.6 Å². The highest BCUT2D eigenvalue weighted by Crippen LogP contribution is 2.10. The van der Waals surface area contributed by atoms with Gasteiger partial charge in [-0.05, 0) is 31.8 Å². The second kappa shape index (κ2) is 5.18. The number of rotatable bonds is 4. The molecule has 5 nitrogen and oxygen atoms in total. The minimum absolute atomic E-state index is 0.116. The van der Waals surface area contributed by atoms with Crippen LogP contribution < -0.4 is 10.6 Å². The van der Waals surface area contributed by atoms with E-state index in [1.165, 1.54) is 12.6 Å². The molecule has 1 amide bonds. The zero-order valence-corrected chi connectivity index (χ0v) is 9.22. The molecule has 82 valence electrons. The number of nitrogens with zero attached hydrogens (tertiary/aromatic N) is 2. The van der Waals surface area contributed by atoms with Gasteiger partial charge in [0.1, 0.15) is 0 Å². The Morgan fingerprint density at radius 1 is 1.73 bits per heavy atom. The lowest BCUT2D eigenvalue weighted by molar-refractivity contribution is 0.0947. The number of hydrogen-bond acceptors (Lipinski definition) is 5. The average Bonchev–Trinajstić information content (AvgIpc) is 2.90. The van der Waals surface area contributed by atoms with Gasteiger partial charge in [0.25, 0.3) is 5.91 Å². The maximum Gasteiger partial charge on any atom is 0.272 e. The molecule has 1 saturated heterocycles. The topological polar surface area (TPSA) is 66.9 Å². The molecule has 1 fully saturated rings. The number of hydrogen-bond donors (Lipinski definition) is 2. The summed E-state index contributed by atoms with van der Waals surface area (Å²) < 4.78 is 7.66. The van der Waals surface area contributed by atoms with Crippen molar-refractivity contribution in [3.63, 3.8) is 0 Å². The van der Waals surface area contributed by atoms with Crippen molar-refractivity contribution in [2.45, 2.75) is 12.8 Å². The van der Waals surface area contributed by atoms with Gasteiger partial charge in [-0.15, -0.1) is 0 Å². The van der Waals surface area contributed by atoms with Gasteiger partial charge in [0.15, 0.2) is 5.69 Å². The first kappa shape index (κ1) is 10.5. The van der Waals surface area contributed by atoms with Crippen molar-refractivity contribution in [1.82, 2.24) is 19.4 Å². The largest absolute Gasteiger partial charge is 0.351 e. The molecule has 0 saturated carbocycles. The number of aromatic nitrogens is 2. The monoisotopic (exact) mass is 226 g/mol. The van der Waals surface area contributed by atoms with Crippen LogP contribution in [0.2, 0.25) is 0 Å². The van der Waals surface area contributed by atoms with Crippen LogP contribution in [0.1, 0.15) is 23.3 Å². The van der Waals surface area contributed by atoms with Crippen molar-refractivity contribution < 1.29 is 4.79 Å². The molecule has 1 aliphatic rings. The minimum atomic E-state index is -0.116. The summed E-state index contributed by atoms with van der Waals surface area (Å²) in [6.07, 6.45) is 3.75. The second-order valence-corrected chi connectivity index (χ2v) is 4.25. The summed E-state index contributed by atoms with van der Waals surface area (Å²) in [6.45, 7) is 2.91. The lowest BCUT2D eigenvalue weighted by Crippen LogP contribution is -2.26. The third-order valence-corrected chi connectivity index (χ3v) is 3.07. The normalized spacial score (nSPS) is 20.4. The summed E-state index contributed by atoms with van der Waals surface area (Å²) in [7, 11) is 0. The van der Waals surface area contributed by atoms with Gasteiger partial charge in [-0.25, -0.2) is 0 Å². The Hall–Kier alpha value is -1.01. The number of carbonyl (C=O) groups is 1. The van der Waals surface area contributed by atoms with Crippen LogP contribution in [-0.2, 0) is 0 Å². The SMILES string of the molecule is O=C(NCCC1CCNC1)c1cnsn1. The first-order chi connectivity index (χ1) is 7.36. The Balaban J connectivity index is 1.67. The molecule has 15 heavy (non-hydrogen) atoms. The standard InChI is InChI=1S/C9H14N4OS/c14-9(8-6-12-15-13-8)11-4-2-7-1-3-10-5-7/h6-7,10H,1-5H2,(H,11,14). The van der Waals surface area contributed by atoms with Crippen LogP contribution >= 0.6 is 11.7 Å². The molecule has 2 heterocycles. The van der Waals surface area contributed by atoms with E-state index in [1.807, 2.05) is 0 Å². The highest BCUT2D eigenvalue weighted by Gasteiger charge is 2.14. The molecule has 0 aromatic carbocycles. The molecule has 1 aliphatic heterocycles. The van der Waals surface area contributed by atoms with Gasteiger partial charge >= 0.3 is 0 Å². The summed E-state index contributed by atoms with van der Waals surface area (Å²) in [5.41, 5.74) is 0.421. The Morgan fingerprint density at radius 2 is 2.67 bits per heavy atom. The van der Waals surface area contributed by atoms with E-state index in [4.69, 9.17) is 0 Å². The molecule has 2 N–H and O–H groups in total. The Kier molecular flexibility index (Phi) is 3.63. The van der Waals surface area contributed by atoms with Crippen LogP contribution in [-0.4, -0.2) is 34.3 Å². The summed E-state index contributed by atoms with van der Waals surface area (Å²) in [4.78, 5) is 11.5. The van der Waals surface area contributed by atoms with Crippen LogP contribution in [0.25, 0.3) is 0 Å². The van der Waals surface area contributed by atoms with Gasteiger partial charge in [0, 0.05) is 6.54 Å². The third kappa shape index (κ3) is 2.97. The van der Waals surface area contributed by atoms with E-state index in [0.717, 1.165) is 37.8 Å². The summed E-state index contributed by atoms with van der Waals surface area (Å²) in [6, 6.07) is 0. The molecule has 0 aliphatic carbocycles. The van der Waals surface area contributed by atoms with Crippen molar-refractivity contribution in [1.29, 1.82) is 0 Å². The number of nitrogens with one attached hydrogen (secondary N) is 2. The van der Waals surface area contributed by atoms with Crippen LogP contribution in [0, 0.1) is 5.92 Å². The van der Waals surface area contributed by atoms with Crippen molar-refractivity contribution >= 4 is 17.6 Å². The summed E-state index contributed by atoms with van der Waals surface area (Å²) in [5, 5.41) is 6.15. The summed E-state index contributed by atoms with van der Waals surface area (Å²) in [5.74, 6) is 0.591. The fourth-order valence-corrected chi connectivity index (χ4v) is 2.12. The van der Waals surface area contributed by atoms with Crippen LogP contribution in [0.3, 0.4) is 0 Å². The number of amides is 1. The fourth-order valence-electron chi connectivity index (χ4n) is 1.71. The van der Waals surface area contributed by atoms with E-state index in [9.17, 15) is 4.79 Å². The molecular weight excluding hydrogens is 212 g/mol.